The number of nitrogens with two attached hydrogens (primary N) is 1. The molecule has 3 N–H and O–H groups in total. The van der Waals surface area contributed by atoms with E-state index in [1.807, 2.05) is 37.3 Å². The molecule has 1 saturated heterocycles. The van der Waals surface area contributed by atoms with Crippen molar-refractivity contribution in [3.8, 4) is 0 Å². The van der Waals surface area contributed by atoms with Crippen molar-refractivity contribution < 1.29 is 14.3 Å². The monoisotopic (exact) mass is 314 g/mol. The fourth-order valence-corrected chi connectivity index (χ4v) is 2.16. The van der Waals surface area contributed by atoms with Gasteiger partial charge in [0, 0.05) is 12.6 Å². The summed E-state index contributed by atoms with van der Waals surface area (Å²) in [5, 5.41) is 2.88. The quantitative estimate of drug-likeness (QED) is 0.858. The van der Waals surface area contributed by atoms with Crippen LogP contribution in [0.1, 0.15) is 18.5 Å². The maximum absolute atomic E-state index is 12.1. The summed E-state index contributed by atoms with van der Waals surface area (Å²) in [6.07, 6.45) is -0.0622. The summed E-state index contributed by atoms with van der Waals surface area (Å²) in [5.41, 5.74) is 7.10. The highest BCUT2D eigenvalue weighted by Crippen LogP contribution is 2.19. The van der Waals surface area contributed by atoms with Crippen LogP contribution in [-0.4, -0.2) is 38.4 Å². The average molecular weight is 315 g/mol. The minimum absolute atomic E-state index is 0. The molecular formula is C15H23ClN2O3. The van der Waals surface area contributed by atoms with E-state index in [1.54, 1.807) is 0 Å². The van der Waals surface area contributed by atoms with Gasteiger partial charge in [0.1, 0.15) is 0 Å². The van der Waals surface area contributed by atoms with Gasteiger partial charge >= 0.3 is 0 Å². The Morgan fingerprint density at radius 3 is 2.71 bits per heavy atom. The molecule has 0 aromatic heterocycles. The molecule has 0 saturated carbocycles. The highest BCUT2D eigenvalue weighted by atomic mass is 35.5. The molecule has 5 nitrogen and oxygen atoms in total. The summed E-state index contributed by atoms with van der Waals surface area (Å²) < 4.78 is 10.8. The number of hydrogen-bond donors (Lipinski definition) is 2. The van der Waals surface area contributed by atoms with E-state index in [9.17, 15) is 4.79 Å². The van der Waals surface area contributed by atoms with Gasteiger partial charge in [-0.1, -0.05) is 37.3 Å². The summed E-state index contributed by atoms with van der Waals surface area (Å²) in [7, 11) is 0. The van der Waals surface area contributed by atoms with Gasteiger partial charge in [-0.05, 0) is 5.56 Å². The lowest BCUT2D eigenvalue weighted by molar-refractivity contribution is -0.127. The zero-order valence-electron chi connectivity index (χ0n) is 12.2. The molecule has 2 rings (SSSR count). The second-order valence-corrected chi connectivity index (χ2v) is 5.04. The lowest BCUT2D eigenvalue weighted by Gasteiger charge is -2.25. The minimum atomic E-state index is -0.306. The highest BCUT2D eigenvalue weighted by molar-refractivity contribution is 5.85. The molecular weight excluding hydrogens is 292 g/mol. The summed E-state index contributed by atoms with van der Waals surface area (Å²) in [4.78, 5) is 12.1. The molecule has 0 spiro atoms. The Morgan fingerprint density at radius 1 is 1.38 bits per heavy atom. The Bertz CT molecular complexity index is 424. The van der Waals surface area contributed by atoms with Crippen molar-refractivity contribution in [3.05, 3.63) is 35.9 Å². The zero-order valence-corrected chi connectivity index (χ0v) is 13.0. The largest absolute Gasteiger partial charge is 0.376 e. The third kappa shape index (κ3) is 5.28. The van der Waals surface area contributed by atoms with Gasteiger partial charge in [0.15, 0.2) is 0 Å². The van der Waals surface area contributed by atoms with Crippen LogP contribution in [0.25, 0.3) is 0 Å². The van der Waals surface area contributed by atoms with Crippen LogP contribution in [0.2, 0.25) is 0 Å². The van der Waals surface area contributed by atoms with Crippen LogP contribution in [-0.2, 0) is 14.3 Å². The number of benzene rings is 1. The lowest BCUT2D eigenvalue weighted by Crippen LogP contribution is -2.43. The molecule has 1 aliphatic heterocycles. The van der Waals surface area contributed by atoms with Crippen molar-refractivity contribution in [1.29, 1.82) is 0 Å². The summed E-state index contributed by atoms with van der Waals surface area (Å²) in [6, 6.07) is 9.35. The predicted molar refractivity (Wildman–Crippen MR) is 83.4 cm³/mol. The topological polar surface area (TPSA) is 73.6 Å². The Labute approximate surface area is 131 Å². The van der Waals surface area contributed by atoms with Crippen LogP contribution in [0.3, 0.4) is 0 Å². The molecule has 1 amide bonds. The van der Waals surface area contributed by atoms with E-state index in [-0.39, 0.29) is 36.4 Å². The third-order valence-electron chi connectivity index (χ3n) is 3.53. The van der Waals surface area contributed by atoms with E-state index in [4.69, 9.17) is 15.2 Å². The fourth-order valence-electron chi connectivity index (χ4n) is 2.16. The Hall–Kier alpha value is -1.14. The number of hydrogen-bond acceptors (Lipinski definition) is 4. The maximum Gasteiger partial charge on any atom is 0.224 e. The molecule has 0 aliphatic carbocycles. The number of halogens is 1. The fraction of sp³-hybridized carbons (Fsp3) is 0.533. The second kappa shape index (κ2) is 9.00. The van der Waals surface area contributed by atoms with E-state index in [2.05, 4.69) is 5.32 Å². The normalized spacial score (nSPS) is 21.0. The number of carbonyl (C=O) groups excluding carboxylic acids is 1. The molecule has 1 aromatic carbocycles. The third-order valence-corrected chi connectivity index (χ3v) is 3.53. The predicted octanol–water partition coefficient (Wildman–Crippen LogP) is 1.28. The van der Waals surface area contributed by atoms with Crippen LogP contribution < -0.4 is 11.1 Å². The Balaban J connectivity index is 0.00000220. The number of nitrogens with one attached hydrogen (secondary N) is 1. The molecule has 1 fully saturated rings. The molecule has 118 valence electrons. The van der Waals surface area contributed by atoms with Gasteiger partial charge in [0.2, 0.25) is 5.91 Å². The molecule has 6 heteroatoms. The Kier molecular flexibility index (Phi) is 7.67. The van der Waals surface area contributed by atoms with E-state index in [1.165, 1.54) is 0 Å². The number of carbonyl (C=O) groups is 1. The van der Waals surface area contributed by atoms with Crippen LogP contribution in [0, 0.1) is 5.92 Å². The van der Waals surface area contributed by atoms with Crippen molar-refractivity contribution in [1.82, 2.24) is 5.32 Å². The van der Waals surface area contributed by atoms with E-state index >= 15 is 0 Å². The number of amides is 1. The van der Waals surface area contributed by atoms with E-state index in [0.29, 0.717) is 26.4 Å². The maximum atomic E-state index is 12.1. The molecule has 3 atom stereocenters. The molecule has 21 heavy (non-hydrogen) atoms. The van der Waals surface area contributed by atoms with Crippen molar-refractivity contribution in [2.45, 2.75) is 19.1 Å². The van der Waals surface area contributed by atoms with Crippen molar-refractivity contribution in [2.75, 3.05) is 26.4 Å². The van der Waals surface area contributed by atoms with Gasteiger partial charge < -0.3 is 20.5 Å². The van der Waals surface area contributed by atoms with Crippen LogP contribution in [0.5, 0.6) is 0 Å². The summed E-state index contributed by atoms with van der Waals surface area (Å²) >= 11 is 0. The van der Waals surface area contributed by atoms with Gasteiger partial charge in [-0.15, -0.1) is 12.4 Å². The molecule has 3 unspecified atom stereocenters. The van der Waals surface area contributed by atoms with E-state index < -0.39 is 0 Å². The van der Waals surface area contributed by atoms with Crippen molar-refractivity contribution in [3.63, 3.8) is 0 Å². The molecule has 1 heterocycles. The summed E-state index contributed by atoms with van der Waals surface area (Å²) in [6.45, 7) is 4.04. The van der Waals surface area contributed by atoms with E-state index in [0.717, 1.165) is 5.56 Å². The molecule has 0 radical (unpaired) electrons. The van der Waals surface area contributed by atoms with Gasteiger partial charge in [-0.3, -0.25) is 4.79 Å². The first-order valence-corrected chi connectivity index (χ1v) is 6.96. The first-order valence-electron chi connectivity index (χ1n) is 6.96. The molecule has 1 aromatic rings. The van der Waals surface area contributed by atoms with Gasteiger partial charge in [-0.25, -0.2) is 0 Å². The zero-order chi connectivity index (χ0) is 14.4. The van der Waals surface area contributed by atoms with Gasteiger partial charge in [0.25, 0.3) is 0 Å². The second-order valence-electron chi connectivity index (χ2n) is 5.04. The minimum Gasteiger partial charge on any atom is -0.376 e. The number of ether oxygens (including phenoxy) is 2. The highest BCUT2D eigenvalue weighted by Gasteiger charge is 2.23. The SMILES string of the molecule is CC(C(=O)NCC1COCCO1)C(N)c1ccccc1.Cl. The van der Waals surface area contributed by atoms with Crippen molar-refractivity contribution in [2.24, 2.45) is 11.7 Å². The number of rotatable bonds is 5. The molecule has 1 aliphatic rings. The molecule has 0 bridgehead atoms. The van der Waals surface area contributed by atoms with Crippen LogP contribution in [0.15, 0.2) is 30.3 Å². The average Bonchev–Trinajstić information content (AvgIpc) is 2.53. The van der Waals surface area contributed by atoms with Crippen LogP contribution in [0.4, 0.5) is 0 Å². The van der Waals surface area contributed by atoms with Crippen LogP contribution >= 0.6 is 12.4 Å². The van der Waals surface area contributed by atoms with Gasteiger partial charge in [-0.2, -0.15) is 0 Å². The lowest BCUT2D eigenvalue weighted by atomic mass is 9.94. The Morgan fingerprint density at radius 2 is 2.10 bits per heavy atom. The van der Waals surface area contributed by atoms with Crippen molar-refractivity contribution >= 4 is 18.3 Å². The first kappa shape index (κ1) is 17.9. The summed E-state index contributed by atoms with van der Waals surface area (Å²) in [5.74, 6) is -0.350. The van der Waals surface area contributed by atoms with Gasteiger partial charge in [0.05, 0.1) is 31.8 Å². The first-order chi connectivity index (χ1) is 9.68. The smallest absolute Gasteiger partial charge is 0.224 e. The standard InChI is InChI=1S/C15H22N2O3.ClH/c1-11(14(16)12-5-3-2-4-6-12)15(18)17-9-13-10-19-7-8-20-13;/h2-6,11,13-14H,7-10,16H2,1H3,(H,17,18);1H.